The van der Waals surface area contributed by atoms with Crippen LogP contribution in [0.1, 0.15) is 5.56 Å². The van der Waals surface area contributed by atoms with Gasteiger partial charge in [-0.3, -0.25) is 14.3 Å². The summed E-state index contributed by atoms with van der Waals surface area (Å²) in [7, 11) is 0. The first-order valence-corrected chi connectivity index (χ1v) is 13.2. The number of aromatic nitrogens is 2. The number of benzene rings is 4. The molecule has 2 heterocycles. The van der Waals surface area contributed by atoms with E-state index in [1.54, 1.807) is 6.20 Å². The van der Waals surface area contributed by atoms with Gasteiger partial charge in [-0.25, -0.2) is 0 Å². The lowest BCUT2D eigenvalue weighted by Gasteiger charge is -2.22. The van der Waals surface area contributed by atoms with Gasteiger partial charge in [-0.1, -0.05) is 92.5 Å². The molecule has 36 heavy (non-hydrogen) atoms. The highest BCUT2D eigenvalue weighted by atomic mass is 79.9. The molecule has 0 spiro atoms. The lowest BCUT2D eigenvalue weighted by atomic mass is 9.93. The van der Waals surface area contributed by atoms with Crippen LogP contribution in [-0.4, -0.2) is 9.55 Å². The Labute approximate surface area is 225 Å². The Morgan fingerprint density at radius 2 is 1.33 bits per heavy atom. The monoisotopic (exact) mass is 594 g/mol. The molecule has 0 unspecified atom stereocenters. The minimum Gasteiger partial charge on any atom is -0.273 e. The zero-order valence-corrected chi connectivity index (χ0v) is 22.5. The molecule has 0 saturated carbocycles. The van der Waals surface area contributed by atoms with E-state index in [0.717, 1.165) is 58.9 Å². The van der Waals surface area contributed by atoms with Crippen molar-refractivity contribution >= 4 is 53.5 Å². The van der Waals surface area contributed by atoms with Gasteiger partial charge in [0.25, 0.3) is 5.56 Å². The van der Waals surface area contributed by atoms with E-state index in [1.807, 2.05) is 72.2 Å². The van der Waals surface area contributed by atoms with Crippen molar-refractivity contribution in [1.82, 2.24) is 9.55 Å². The normalized spacial score (nSPS) is 11.3. The number of halogens is 2. The predicted molar refractivity (Wildman–Crippen MR) is 156 cm³/mol. The molecule has 174 valence electrons. The van der Waals surface area contributed by atoms with E-state index in [4.69, 9.17) is 4.98 Å². The summed E-state index contributed by atoms with van der Waals surface area (Å²) >= 11 is 7.14. The topological polar surface area (TPSA) is 34.9 Å². The van der Waals surface area contributed by atoms with E-state index in [0.29, 0.717) is 5.39 Å². The van der Waals surface area contributed by atoms with Gasteiger partial charge in [0.15, 0.2) is 0 Å². The molecule has 5 heteroatoms. The summed E-state index contributed by atoms with van der Waals surface area (Å²) in [5.41, 5.74) is 6.36. The van der Waals surface area contributed by atoms with Gasteiger partial charge in [0, 0.05) is 31.5 Å². The minimum atomic E-state index is -0.0642. The van der Waals surface area contributed by atoms with E-state index < -0.39 is 0 Å². The number of fused-ring (bicyclic) bond motifs is 2. The zero-order chi connectivity index (χ0) is 24.8. The fourth-order valence-corrected chi connectivity index (χ4v) is 5.39. The van der Waals surface area contributed by atoms with Gasteiger partial charge in [0.05, 0.1) is 16.9 Å². The SMILES string of the molecule is Cc1ccc2cccnc2c1-n1c(-c2ccc(Br)cc2)c(-c2ccc(Br)cc2)c2ccccc2c1=O. The number of hydrogen-bond donors (Lipinski definition) is 0. The molecule has 6 rings (SSSR count). The Hall–Kier alpha value is -3.54. The molecule has 4 aromatic carbocycles. The number of hydrogen-bond acceptors (Lipinski definition) is 2. The molecule has 0 aliphatic heterocycles. The lowest BCUT2D eigenvalue weighted by Crippen LogP contribution is -2.23. The summed E-state index contributed by atoms with van der Waals surface area (Å²) in [5, 5.41) is 2.58. The van der Waals surface area contributed by atoms with Crippen molar-refractivity contribution in [3.8, 4) is 28.1 Å². The van der Waals surface area contributed by atoms with Gasteiger partial charge in [-0.05, 0) is 65.4 Å². The Morgan fingerprint density at radius 1 is 0.694 bits per heavy atom. The zero-order valence-electron chi connectivity index (χ0n) is 19.4. The van der Waals surface area contributed by atoms with Crippen molar-refractivity contribution in [3.63, 3.8) is 0 Å². The maximum absolute atomic E-state index is 14.3. The van der Waals surface area contributed by atoms with Crippen molar-refractivity contribution in [1.29, 1.82) is 0 Å². The summed E-state index contributed by atoms with van der Waals surface area (Å²) in [5.74, 6) is 0. The van der Waals surface area contributed by atoms with Crippen molar-refractivity contribution in [2.45, 2.75) is 6.92 Å². The summed E-state index contributed by atoms with van der Waals surface area (Å²) < 4.78 is 3.85. The van der Waals surface area contributed by atoms with Crippen molar-refractivity contribution in [2.75, 3.05) is 0 Å². The summed E-state index contributed by atoms with van der Waals surface area (Å²) in [4.78, 5) is 19.1. The predicted octanol–water partition coefficient (Wildman–Crippen LogP) is 8.71. The highest BCUT2D eigenvalue weighted by Gasteiger charge is 2.23. The van der Waals surface area contributed by atoms with Gasteiger partial charge in [0.2, 0.25) is 0 Å². The van der Waals surface area contributed by atoms with Crippen molar-refractivity contribution in [3.05, 3.63) is 128 Å². The molecule has 2 aromatic heterocycles. The summed E-state index contributed by atoms with van der Waals surface area (Å²) in [6, 6.07) is 32.3. The van der Waals surface area contributed by atoms with Crippen LogP contribution in [0.15, 0.2) is 117 Å². The lowest BCUT2D eigenvalue weighted by molar-refractivity contribution is 1.01. The minimum absolute atomic E-state index is 0.0642. The summed E-state index contributed by atoms with van der Waals surface area (Å²) in [6.07, 6.45) is 1.78. The third kappa shape index (κ3) is 3.80. The number of rotatable bonds is 3. The van der Waals surface area contributed by atoms with Crippen LogP contribution in [-0.2, 0) is 0 Å². The molecule has 0 radical (unpaired) electrons. The molecule has 0 amide bonds. The Morgan fingerprint density at radius 3 is 2.03 bits per heavy atom. The molecule has 0 aliphatic carbocycles. The van der Waals surface area contributed by atoms with Crippen LogP contribution in [0.25, 0.3) is 49.7 Å². The number of pyridine rings is 2. The standard InChI is InChI=1S/C31H20Br2N2O/c1-19-8-9-21-5-4-18-34-28(21)29(19)35-30(22-12-16-24(33)17-13-22)27(20-10-14-23(32)15-11-20)25-6-2-3-7-26(25)31(35)36/h2-18H,1H3. The van der Waals surface area contributed by atoms with Gasteiger partial charge in [0.1, 0.15) is 0 Å². The van der Waals surface area contributed by atoms with Crippen LogP contribution in [0, 0.1) is 6.92 Å². The maximum Gasteiger partial charge on any atom is 0.263 e. The fraction of sp³-hybridized carbons (Fsp3) is 0.0323. The molecule has 3 nitrogen and oxygen atoms in total. The summed E-state index contributed by atoms with van der Waals surface area (Å²) in [6.45, 7) is 2.04. The third-order valence-corrected chi connectivity index (χ3v) is 7.57. The molecular weight excluding hydrogens is 576 g/mol. The first-order chi connectivity index (χ1) is 17.5. The molecule has 0 atom stereocenters. The van der Waals surface area contributed by atoms with E-state index in [1.165, 1.54) is 0 Å². The van der Waals surface area contributed by atoms with Gasteiger partial charge in [-0.2, -0.15) is 0 Å². The molecule has 0 saturated heterocycles. The van der Waals surface area contributed by atoms with Crippen molar-refractivity contribution in [2.24, 2.45) is 0 Å². The fourth-order valence-electron chi connectivity index (χ4n) is 4.87. The quantitative estimate of drug-likeness (QED) is 0.205. The number of aryl methyl sites for hydroxylation is 1. The van der Waals surface area contributed by atoms with Crippen LogP contribution >= 0.6 is 31.9 Å². The van der Waals surface area contributed by atoms with Gasteiger partial charge < -0.3 is 0 Å². The van der Waals surface area contributed by atoms with Crippen molar-refractivity contribution < 1.29 is 0 Å². The molecule has 0 fully saturated rings. The first-order valence-electron chi connectivity index (χ1n) is 11.6. The Balaban J connectivity index is 1.88. The third-order valence-electron chi connectivity index (χ3n) is 6.51. The largest absolute Gasteiger partial charge is 0.273 e. The van der Waals surface area contributed by atoms with Crippen LogP contribution in [0.3, 0.4) is 0 Å². The van der Waals surface area contributed by atoms with Crippen LogP contribution < -0.4 is 5.56 Å². The van der Waals surface area contributed by atoms with Gasteiger partial charge in [-0.15, -0.1) is 0 Å². The molecule has 0 N–H and O–H groups in total. The average molecular weight is 596 g/mol. The number of nitrogens with zero attached hydrogens (tertiary/aromatic N) is 2. The highest BCUT2D eigenvalue weighted by Crippen LogP contribution is 2.40. The molecule has 0 aliphatic rings. The average Bonchev–Trinajstić information content (AvgIpc) is 2.90. The van der Waals surface area contributed by atoms with Gasteiger partial charge >= 0.3 is 0 Å². The second-order valence-corrected chi connectivity index (χ2v) is 10.6. The highest BCUT2D eigenvalue weighted by molar-refractivity contribution is 9.10. The Bertz CT molecular complexity index is 1820. The Kier molecular flexibility index (Phi) is 5.82. The molecular formula is C31H20Br2N2O. The van der Waals surface area contributed by atoms with E-state index in [-0.39, 0.29) is 5.56 Å². The first kappa shape index (κ1) is 22.9. The van der Waals surface area contributed by atoms with E-state index >= 15 is 0 Å². The van der Waals surface area contributed by atoms with E-state index in [9.17, 15) is 4.79 Å². The molecule has 6 aromatic rings. The van der Waals surface area contributed by atoms with Crippen LogP contribution in [0.4, 0.5) is 0 Å². The smallest absolute Gasteiger partial charge is 0.263 e. The van der Waals surface area contributed by atoms with Crippen LogP contribution in [0.5, 0.6) is 0 Å². The second kappa shape index (κ2) is 9.16. The van der Waals surface area contributed by atoms with Crippen LogP contribution in [0.2, 0.25) is 0 Å². The second-order valence-electron chi connectivity index (χ2n) is 8.73. The molecule has 0 bridgehead atoms. The van der Waals surface area contributed by atoms with E-state index in [2.05, 4.69) is 68.3 Å². The maximum atomic E-state index is 14.3.